The van der Waals surface area contributed by atoms with Crippen LogP contribution in [-0.4, -0.2) is 6.61 Å². The monoisotopic (exact) mass is 440 g/mol. The second kappa shape index (κ2) is 9.97. The Hall–Kier alpha value is -2.49. The van der Waals surface area contributed by atoms with Crippen LogP contribution in [0.15, 0.2) is 55.1 Å². The fraction of sp³-hybridized carbons (Fsp3) is 0.429. The van der Waals surface area contributed by atoms with E-state index in [0.717, 1.165) is 25.2 Å². The van der Waals surface area contributed by atoms with Gasteiger partial charge in [0.05, 0.1) is 0 Å². The first-order valence-corrected chi connectivity index (χ1v) is 11.7. The van der Waals surface area contributed by atoms with Gasteiger partial charge in [0.25, 0.3) is 0 Å². The molecule has 4 rings (SSSR count). The van der Waals surface area contributed by atoms with Gasteiger partial charge in [0.2, 0.25) is 5.82 Å². The lowest BCUT2D eigenvalue weighted by Crippen LogP contribution is -2.30. The number of halogens is 3. The highest BCUT2D eigenvalue weighted by atomic mass is 19.2. The summed E-state index contributed by atoms with van der Waals surface area (Å²) in [4.78, 5) is 0. The average Bonchev–Trinajstić information content (AvgIpc) is 2.80. The minimum atomic E-state index is -1.07. The lowest BCUT2D eigenvalue weighted by molar-refractivity contribution is 0.132. The molecule has 2 aromatic carbocycles. The van der Waals surface area contributed by atoms with E-state index in [-0.39, 0.29) is 29.7 Å². The van der Waals surface area contributed by atoms with Crippen LogP contribution >= 0.6 is 0 Å². The van der Waals surface area contributed by atoms with Gasteiger partial charge >= 0.3 is 0 Å². The lowest BCUT2D eigenvalue weighted by atomic mass is 9.64. The standard InChI is InChI=1S/C28H31F3O/c1-3-5-18-6-7-20-16-21(9-8-19(20)15-18)23-11-10-22(17-25(23)29)24-12-13-26(32-14-4-2)28(31)27(24)30/h3-5,10-13,17-21H,2,6-9,14-16H2,1H3/b5-3+. The second-order valence-corrected chi connectivity index (χ2v) is 9.20. The zero-order valence-electron chi connectivity index (χ0n) is 18.6. The Morgan fingerprint density at radius 2 is 1.75 bits per heavy atom. The highest BCUT2D eigenvalue weighted by Crippen LogP contribution is 2.48. The highest BCUT2D eigenvalue weighted by molar-refractivity contribution is 5.66. The molecule has 0 N–H and O–H groups in total. The summed E-state index contributed by atoms with van der Waals surface area (Å²) in [6, 6.07) is 7.61. The maximum absolute atomic E-state index is 15.1. The molecule has 0 saturated heterocycles. The van der Waals surface area contributed by atoms with Crippen molar-refractivity contribution in [3.05, 3.63) is 78.2 Å². The van der Waals surface area contributed by atoms with Crippen LogP contribution in [0.4, 0.5) is 13.2 Å². The Morgan fingerprint density at radius 1 is 0.969 bits per heavy atom. The summed E-state index contributed by atoms with van der Waals surface area (Å²) in [6.45, 7) is 5.66. The van der Waals surface area contributed by atoms with Crippen LogP contribution in [0.1, 0.15) is 56.9 Å². The number of hydrogen-bond donors (Lipinski definition) is 0. The fourth-order valence-corrected chi connectivity index (χ4v) is 5.70. The summed E-state index contributed by atoms with van der Waals surface area (Å²) in [6.07, 6.45) is 12.8. The zero-order valence-corrected chi connectivity index (χ0v) is 18.6. The van der Waals surface area contributed by atoms with E-state index in [1.165, 1.54) is 43.5 Å². The van der Waals surface area contributed by atoms with Crippen LogP contribution in [-0.2, 0) is 0 Å². The Balaban J connectivity index is 1.50. The van der Waals surface area contributed by atoms with E-state index in [4.69, 9.17) is 4.74 Å². The zero-order chi connectivity index (χ0) is 22.7. The van der Waals surface area contributed by atoms with Crippen molar-refractivity contribution >= 4 is 0 Å². The quantitative estimate of drug-likeness (QED) is 0.411. The van der Waals surface area contributed by atoms with E-state index in [2.05, 4.69) is 25.7 Å². The summed E-state index contributed by atoms with van der Waals surface area (Å²) in [5.41, 5.74) is 1.07. The van der Waals surface area contributed by atoms with Crippen molar-refractivity contribution in [2.24, 2.45) is 17.8 Å². The molecule has 4 atom stereocenters. The average molecular weight is 441 g/mol. The summed E-state index contributed by atoms with van der Waals surface area (Å²) in [5, 5.41) is 0. The molecule has 2 aliphatic carbocycles. The first kappa shape index (κ1) is 22.7. The van der Waals surface area contributed by atoms with Gasteiger partial charge in [-0.25, -0.2) is 8.78 Å². The number of rotatable bonds is 6. The fourth-order valence-electron chi connectivity index (χ4n) is 5.70. The molecule has 4 unspecified atom stereocenters. The van der Waals surface area contributed by atoms with Gasteiger partial charge in [-0.05, 0) is 98.4 Å². The normalized spacial score (nSPS) is 25.5. The maximum Gasteiger partial charge on any atom is 0.201 e. The Bertz CT molecular complexity index is 996. The first-order valence-electron chi connectivity index (χ1n) is 11.7. The van der Waals surface area contributed by atoms with Crippen LogP contribution in [0, 0.1) is 35.2 Å². The molecule has 0 spiro atoms. The molecule has 0 radical (unpaired) electrons. The SMILES string of the molecule is C=CCOc1ccc(-c2ccc(C3CCC4CC(/C=C/C)CCC4C3)c(F)c2)c(F)c1F. The maximum atomic E-state index is 15.1. The summed E-state index contributed by atoms with van der Waals surface area (Å²) in [7, 11) is 0. The Kier molecular flexibility index (Phi) is 7.07. The molecule has 2 aliphatic rings. The van der Waals surface area contributed by atoms with Gasteiger partial charge in [-0.2, -0.15) is 4.39 Å². The number of ether oxygens (including phenoxy) is 1. The van der Waals surface area contributed by atoms with E-state index in [0.29, 0.717) is 23.0 Å². The van der Waals surface area contributed by atoms with Crippen LogP contribution in [0.2, 0.25) is 0 Å². The molecule has 2 aromatic rings. The minimum absolute atomic E-state index is 0.0323. The third-order valence-corrected chi connectivity index (χ3v) is 7.27. The van der Waals surface area contributed by atoms with Crippen molar-refractivity contribution in [2.75, 3.05) is 6.61 Å². The molecule has 0 aromatic heterocycles. The van der Waals surface area contributed by atoms with Crippen LogP contribution in [0.25, 0.3) is 11.1 Å². The lowest BCUT2D eigenvalue weighted by Gasteiger charge is -2.42. The van der Waals surface area contributed by atoms with E-state index in [1.54, 1.807) is 12.1 Å². The van der Waals surface area contributed by atoms with Gasteiger partial charge < -0.3 is 4.74 Å². The Morgan fingerprint density at radius 3 is 2.50 bits per heavy atom. The first-order chi connectivity index (χ1) is 15.5. The topological polar surface area (TPSA) is 9.23 Å². The molecule has 0 heterocycles. The van der Waals surface area contributed by atoms with Crippen LogP contribution in [0.3, 0.4) is 0 Å². The van der Waals surface area contributed by atoms with Gasteiger partial charge in [-0.1, -0.05) is 36.9 Å². The van der Waals surface area contributed by atoms with Crippen LogP contribution < -0.4 is 4.74 Å². The Labute approximate surface area is 189 Å². The molecule has 0 amide bonds. The third kappa shape index (κ3) is 4.65. The molecular weight excluding hydrogens is 409 g/mol. The summed E-state index contributed by atoms with van der Waals surface area (Å²) in [5.74, 6) is -0.328. The van der Waals surface area contributed by atoms with E-state index in [1.807, 2.05) is 0 Å². The summed E-state index contributed by atoms with van der Waals surface area (Å²) < 4.78 is 49.2. The van der Waals surface area contributed by atoms with Gasteiger partial charge in [-0.15, -0.1) is 0 Å². The predicted molar refractivity (Wildman–Crippen MR) is 123 cm³/mol. The molecule has 170 valence electrons. The number of hydrogen-bond acceptors (Lipinski definition) is 1. The summed E-state index contributed by atoms with van der Waals surface area (Å²) >= 11 is 0. The smallest absolute Gasteiger partial charge is 0.201 e. The molecule has 0 bridgehead atoms. The van der Waals surface area contributed by atoms with Crippen molar-refractivity contribution < 1.29 is 17.9 Å². The third-order valence-electron chi connectivity index (χ3n) is 7.27. The van der Waals surface area contributed by atoms with Gasteiger partial charge in [0, 0.05) is 5.56 Å². The van der Waals surface area contributed by atoms with Gasteiger partial charge in [0.15, 0.2) is 11.6 Å². The predicted octanol–water partition coefficient (Wildman–Crippen LogP) is 8.21. The minimum Gasteiger partial charge on any atom is -0.486 e. The van der Waals surface area contributed by atoms with Crippen molar-refractivity contribution in [3.8, 4) is 16.9 Å². The number of fused-ring (bicyclic) bond motifs is 1. The van der Waals surface area contributed by atoms with Gasteiger partial charge in [-0.3, -0.25) is 0 Å². The van der Waals surface area contributed by atoms with Crippen molar-refractivity contribution in [2.45, 2.75) is 51.4 Å². The van der Waals surface area contributed by atoms with Crippen molar-refractivity contribution in [1.82, 2.24) is 0 Å². The molecule has 2 fully saturated rings. The van der Waals surface area contributed by atoms with Gasteiger partial charge in [0.1, 0.15) is 12.4 Å². The van der Waals surface area contributed by atoms with Crippen molar-refractivity contribution in [1.29, 1.82) is 0 Å². The second-order valence-electron chi connectivity index (χ2n) is 9.20. The molecule has 2 saturated carbocycles. The molecular formula is C28H31F3O. The largest absolute Gasteiger partial charge is 0.486 e. The van der Waals surface area contributed by atoms with E-state index in [9.17, 15) is 8.78 Å². The number of benzene rings is 2. The van der Waals surface area contributed by atoms with Crippen molar-refractivity contribution in [3.63, 3.8) is 0 Å². The van der Waals surface area contributed by atoms with E-state index < -0.39 is 11.6 Å². The molecule has 4 heteroatoms. The number of allylic oxidation sites excluding steroid dienone is 2. The molecule has 32 heavy (non-hydrogen) atoms. The van der Waals surface area contributed by atoms with E-state index >= 15 is 4.39 Å². The molecule has 1 nitrogen and oxygen atoms in total. The van der Waals surface area contributed by atoms with Crippen LogP contribution in [0.5, 0.6) is 5.75 Å². The molecule has 0 aliphatic heterocycles. The highest BCUT2D eigenvalue weighted by Gasteiger charge is 2.36.